The molecule has 0 aromatic carbocycles. The van der Waals surface area contributed by atoms with Crippen LogP contribution in [0.1, 0.15) is 36.2 Å². The molecule has 0 atom stereocenters. The number of nitrogens with zero attached hydrogens (tertiary/aromatic N) is 3. The quantitative estimate of drug-likeness (QED) is 0.895. The highest BCUT2D eigenvalue weighted by Crippen LogP contribution is 2.24. The van der Waals surface area contributed by atoms with Gasteiger partial charge in [-0.1, -0.05) is 0 Å². The lowest BCUT2D eigenvalue weighted by Crippen LogP contribution is -2.38. The zero-order valence-electron chi connectivity index (χ0n) is 11.8. The Hall–Kier alpha value is -2.05. The number of carbonyl (C=O) groups is 2. The number of carboxylic acids is 1. The molecule has 114 valence electrons. The van der Waals surface area contributed by atoms with Crippen molar-refractivity contribution < 1.29 is 19.4 Å². The number of likely N-dealkylation sites (tertiary alicyclic amines) is 1. The lowest BCUT2D eigenvalue weighted by Gasteiger charge is -2.31. The van der Waals surface area contributed by atoms with Crippen LogP contribution in [-0.4, -0.2) is 51.4 Å². The molecule has 0 unspecified atom stereocenters. The number of hydrogen-bond donors (Lipinski definition) is 1. The first-order valence-corrected chi connectivity index (χ1v) is 7.35. The Morgan fingerprint density at radius 1 is 1.33 bits per heavy atom. The summed E-state index contributed by atoms with van der Waals surface area (Å²) in [5.74, 6) is 0.258. The predicted molar refractivity (Wildman–Crippen MR) is 73.2 cm³/mol. The Bertz CT molecular complexity index is 525. The van der Waals surface area contributed by atoms with Crippen molar-refractivity contribution in [2.75, 3.05) is 19.7 Å². The van der Waals surface area contributed by atoms with Crippen LogP contribution >= 0.6 is 0 Å². The van der Waals surface area contributed by atoms with Crippen molar-refractivity contribution in [2.24, 2.45) is 5.92 Å². The van der Waals surface area contributed by atoms with Crippen LogP contribution in [0.3, 0.4) is 0 Å². The summed E-state index contributed by atoms with van der Waals surface area (Å²) in [4.78, 5) is 24.8. The van der Waals surface area contributed by atoms with E-state index in [0.29, 0.717) is 50.2 Å². The van der Waals surface area contributed by atoms with E-state index in [1.54, 1.807) is 15.6 Å². The molecule has 0 bridgehead atoms. The number of aliphatic carboxylic acids is 1. The summed E-state index contributed by atoms with van der Waals surface area (Å²) in [6.45, 7) is 2.66. The molecule has 3 rings (SSSR count). The van der Waals surface area contributed by atoms with Gasteiger partial charge in [-0.05, 0) is 25.2 Å². The molecule has 21 heavy (non-hydrogen) atoms. The van der Waals surface area contributed by atoms with Crippen molar-refractivity contribution in [2.45, 2.75) is 32.2 Å². The van der Waals surface area contributed by atoms with Crippen LogP contribution in [-0.2, 0) is 11.3 Å². The summed E-state index contributed by atoms with van der Waals surface area (Å²) < 4.78 is 7.08. The number of rotatable bonds is 4. The molecule has 1 amide bonds. The number of piperidine rings is 1. The van der Waals surface area contributed by atoms with Crippen molar-refractivity contribution in [3.63, 3.8) is 0 Å². The minimum atomic E-state index is -0.749. The molecule has 7 heteroatoms. The molecule has 1 aromatic rings. The van der Waals surface area contributed by atoms with Crippen LogP contribution in [0.25, 0.3) is 0 Å². The second kappa shape index (κ2) is 5.75. The van der Waals surface area contributed by atoms with Crippen LogP contribution < -0.4 is 4.74 Å². The van der Waals surface area contributed by atoms with Crippen molar-refractivity contribution in [3.8, 4) is 5.88 Å². The van der Waals surface area contributed by atoms with E-state index in [2.05, 4.69) is 5.10 Å². The fourth-order valence-corrected chi connectivity index (χ4v) is 2.93. The summed E-state index contributed by atoms with van der Waals surface area (Å²) >= 11 is 0. The lowest BCUT2D eigenvalue weighted by molar-refractivity contribution is -0.137. The third-order valence-electron chi connectivity index (χ3n) is 4.18. The van der Waals surface area contributed by atoms with Crippen molar-refractivity contribution in [1.82, 2.24) is 14.7 Å². The van der Waals surface area contributed by atoms with Crippen LogP contribution in [0.4, 0.5) is 0 Å². The maximum Gasteiger partial charge on any atom is 0.303 e. The molecular weight excluding hydrogens is 274 g/mol. The summed E-state index contributed by atoms with van der Waals surface area (Å²) in [6.07, 6.45) is 2.64. The highest BCUT2D eigenvalue weighted by molar-refractivity contribution is 5.92. The fourth-order valence-electron chi connectivity index (χ4n) is 2.93. The van der Waals surface area contributed by atoms with Crippen molar-refractivity contribution >= 4 is 11.9 Å². The van der Waals surface area contributed by atoms with Crippen LogP contribution in [0.2, 0.25) is 0 Å². The Kier molecular flexibility index (Phi) is 3.81. The van der Waals surface area contributed by atoms with Gasteiger partial charge >= 0.3 is 5.97 Å². The molecule has 1 aromatic heterocycles. The second-order valence-corrected chi connectivity index (χ2v) is 5.61. The van der Waals surface area contributed by atoms with E-state index in [0.717, 1.165) is 12.8 Å². The van der Waals surface area contributed by atoms with E-state index < -0.39 is 5.97 Å². The van der Waals surface area contributed by atoms with E-state index in [1.807, 2.05) is 0 Å². The molecule has 0 radical (unpaired) electrons. The zero-order chi connectivity index (χ0) is 14.8. The monoisotopic (exact) mass is 293 g/mol. The van der Waals surface area contributed by atoms with E-state index in [-0.39, 0.29) is 12.3 Å². The average Bonchev–Trinajstić information content (AvgIpc) is 3.06. The van der Waals surface area contributed by atoms with Crippen molar-refractivity contribution in [1.29, 1.82) is 0 Å². The SMILES string of the molecule is O=C(O)CCC1CCN(C(=O)c2cc3n(n2)CCO3)CC1. The Morgan fingerprint density at radius 2 is 2.10 bits per heavy atom. The zero-order valence-corrected chi connectivity index (χ0v) is 11.8. The second-order valence-electron chi connectivity index (χ2n) is 5.61. The number of hydrogen-bond acceptors (Lipinski definition) is 4. The third-order valence-corrected chi connectivity index (χ3v) is 4.18. The molecule has 2 aliphatic rings. The highest BCUT2D eigenvalue weighted by atomic mass is 16.5. The van der Waals surface area contributed by atoms with Crippen LogP contribution in [0, 0.1) is 5.92 Å². The average molecular weight is 293 g/mol. The number of amides is 1. The summed E-state index contributed by atoms with van der Waals surface area (Å²) in [6, 6.07) is 1.70. The molecule has 3 heterocycles. The molecule has 7 nitrogen and oxygen atoms in total. The largest absolute Gasteiger partial charge is 0.481 e. The van der Waals surface area contributed by atoms with E-state index in [9.17, 15) is 9.59 Å². The Balaban J connectivity index is 1.54. The number of fused-ring (bicyclic) bond motifs is 1. The van der Waals surface area contributed by atoms with Gasteiger partial charge in [-0.3, -0.25) is 9.59 Å². The lowest BCUT2D eigenvalue weighted by atomic mass is 9.92. The number of ether oxygens (including phenoxy) is 1. The maximum atomic E-state index is 12.4. The Labute approximate surface area is 122 Å². The first kappa shape index (κ1) is 13.9. The van der Waals surface area contributed by atoms with E-state index >= 15 is 0 Å². The molecule has 1 fully saturated rings. The van der Waals surface area contributed by atoms with Gasteiger partial charge in [-0.25, -0.2) is 4.68 Å². The molecule has 0 spiro atoms. The molecule has 1 N–H and O–H groups in total. The summed E-state index contributed by atoms with van der Waals surface area (Å²) in [7, 11) is 0. The number of carbonyl (C=O) groups excluding carboxylic acids is 1. The van der Waals surface area contributed by atoms with Gasteiger partial charge in [0.2, 0.25) is 5.88 Å². The first-order chi connectivity index (χ1) is 10.1. The molecule has 0 aliphatic carbocycles. The standard InChI is InChI=1S/C14H19N3O4/c18-13(19)2-1-10-3-5-16(6-4-10)14(20)11-9-12-17(15-11)7-8-21-12/h9-10H,1-8H2,(H,18,19). The van der Waals surface area contributed by atoms with Crippen molar-refractivity contribution in [3.05, 3.63) is 11.8 Å². The topological polar surface area (TPSA) is 84.7 Å². The van der Waals surface area contributed by atoms with Crippen LogP contribution in [0.5, 0.6) is 5.88 Å². The molecular formula is C14H19N3O4. The summed E-state index contributed by atoms with van der Waals surface area (Å²) in [5, 5.41) is 13.0. The summed E-state index contributed by atoms with van der Waals surface area (Å²) in [5.41, 5.74) is 0.439. The van der Waals surface area contributed by atoms with E-state index in [4.69, 9.17) is 9.84 Å². The minimum absolute atomic E-state index is 0.0582. The first-order valence-electron chi connectivity index (χ1n) is 7.35. The van der Waals surface area contributed by atoms with Gasteiger partial charge in [0, 0.05) is 25.6 Å². The molecule has 2 aliphatic heterocycles. The third kappa shape index (κ3) is 3.01. The van der Waals surface area contributed by atoms with Crippen LogP contribution in [0.15, 0.2) is 6.07 Å². The maximum absolute atomic E-state index is 12.4. The van der Waals surface area contributed by atoms with Gasteiger partial charge in [-0.2, -0.15) is 5.10 Å². The fraction of sp³-hybridized carbons (Fsp3) is 0.643. The van der Waals surface area contributed by atoms with Gasteiger partial charge < -0.3 is 14.7 Å². The number of aromatic nitrogens is 2. The Morgan fingerprint density at radius 3 is 2.76 bits per heavy atom. The molecule has 1 saturated heterocycles. The van der Waals surface area contributed by atoms with Gasteiger partial charge in [0.1, 0.15) is 6.61 Å². The van der Waals surface area contributed by atoms with E-state index in [1.165, 1.54) is 0 Å². The van der Waals surface area contributed by atoms with Gasteiger partial charge in [0.05, 0.1) is 6.54 Å². The molecule has 0 saturated carbocycles. The predicted octanol–water partition coefficient (Wildman–Crippen LogP) is 0.993. The smallest absolute Gasteiger partial charge is 0.303 e. The minimum Gasteiger partial charge on any atom is -0.481 e. The van der Waals surface area contributed by atoms with Gasteiger partial charge in [0.15, 0.2) is 5.69 Å². The normalized spacial score (nSPS) is 18.4. The number of carboxylic acid groups (broad SMARTS) is 1. The highest BCUT2D eigenvalue weighted by Gasteiger charge is 2.27. The van der Waals surface area contributed by atoms with Gasteiger partial charge in [-0.15, -0.1) is 0 Å². The van der Waals surface area contributed by atoms with Gasteiger partial charge in [0.25, 0.3) is 5.91 Å².